The second kappa shape index (κ2) is 6.10. The molecule has 2 aliphatic rings. The highest BCUT2D eigenvalue weighted by Crippen LogP contribution is 2.27. The number of sulfonamides is 2. The Kier molecular flexibility index (Phi) is 4.41. The van der Waals surface area contributed by atoms with Crippen molar-refractivity contribution in [2.75, 3.05) is 6.54 Å². The Labute approximate surface area is 140 Å². The summed E-state index contributed by atoms with van der Waals surface area (Å²) >= 11 is 0. The minimum absolute atomic E-state index is 0.00967. The first-order chi connectivity index (χ1) is 11.2. The second-order valence-corrected chi connectivity index (χ2v) is 9.58. The number of hydrogen-bond donors (Lipinski definition) is 2. The van der Waals surface area contributed by atoms with Crippen LogP contribution in [0, 0.1) is 0 Å². The van der Waals surface area contributed by atoms with Crippen LogP contribution < -0.4 is 4.72 Å². The first-order valence-corrected chi connectivity index (χ1v) is 10.5. The maximum absolute atomic E-state index is 12.6. The Morgan fingerprint density at radius 2 is 1.62 bits per heavy atom. The van der Waals surface area contributed by atoms with E-state index >= 15 is 0 Å². The number of carbonyl (C=O) groups is 1. The average Bonchev–Trinajstić information content (AvgIpc) is 3.17. The van der Waals surface area contributed by atoms with Gasteiger partial charge in [0.05, 0.1) is 9.79 Å². The normalized spacial score (nSPS) is 22.6. The zero-order valence-corrected chi connectivity index (χ0v) is 14.4. The van der Waals surface area contributed by atoms with Crippen LogP contribution in [-0.4, -0.2) is 50.8 Å². The van der Waals surface area contributed by atoms with Crippen LogP contribution in [0.5, 0.6) is 0 Å². The van der Waals surface area contributed by atoms with Crippen molar-refractivity contribution in [3.8, 4) is 0 Å². The molecule has 1 aromatic carbocycles. The third-order valence-corrected chi connectivity index (χ3v) is 7.59. The van der Waals surface area contributed by atoms with Crippen molar-refractivity contribution in [1.82, 2.24) is 9.03 Å². The summed E-state index contributed by atoms with van der Waals surface area (Å²) in [7, 11) is -7.62. The van der Waals surface area contributed by atoms with E-state index in [4.69, 9.17) is 5.11 Å². The smallest absolute Gasteiger partial charge is 0.322 e. The van der Waals surface area contributed by atoms with Crippen molar-refractivity contribution in [2.45, 2.75) is 47.6 Å². The highest BCUT2D eigenvalue weighted by molar-refractivity contribution is 7.89. The van der Waals surface area contributed by atoms with E-state index in [1.54, 1.807) is 0 Å². The topological polar surface area (TPSA) is 121 Å². The first-order valence-electron chi connectivity index (χ1n) is 7.59. The summed E-state index contributed by atoms with van der Waals surface area (Å²) in [5.74, 6) is -1.18. The molecule has 0 radical (unpaired) electrons. The van der Waals surface area contributed by atoms with Gasteiger partial charge in [0.25, 0.3) is 0 Å². The van der Waals surface area contributed by atoms with E-state index in [9.17, 15) is 21.6 Å². The molecule has 3 rings (SSSR count). The molecule has 24 heavy (non-hydrogen) atoms. The highest BCUT2D eigenvalue weighted by Gasteiger charge is 2.39. The van der Waals surface area contributed by atoms with E-state index in [1.807, 2.05) is 0 Å². The fraction of sp³-hybridized carbons (Fsp3) is 0.500. The summed E-state index contributed by atoms with van der Waals surface area (Å²) in [6.45, 7) is 0.141. The van der Waals surface area contributed by atoms with Crippen LogP contribution >= 0.6 is 0 Å². The van der Waals surface area contributed by atoms with Crippen LogP contribution in [0.4, 0.5) is 0 Å². The molecule has 132 valence electrons. The van der Waals surface area contributed by atoms with Gasteiger partial charge in [-0.05, 0) is 49.9 Å². The second-order valence-electron chi connectivity index (χ2n) is 5.98. The fourth-order valence-electron chi connectivity index (χ4n) is 2.69. The lowest BCUT2D eigenvalue weighted by molar-refractivity contribution is -0.140. The number of benzene rings is 1. The van der Waals surface area contributed by atoms with Gasteiger partial charge in [0.15, 0.2) is 0 Å². The number of carboxylic acid groups (broad SMARTS) is 1. The van der Waals surface area contributed by atoms with Crippen LogP contribution in [0.1, 0.15) is 25.7 Å². The van der Waals surface area contributed by atoms with E-state index in [0.29, 0.717) is 6.42 Å². The lowest BCUT2D eigenvalue weighted by atomic mass is 10.2. The minimum Gasteiger partial charge on any atom is -0.480 e. The fourth-order valence-corrected chi connectivity index (χ4v) is 5.65. The summed E-state index contributed by atoms with van der Waals surface area (Å²) in [4.78, 5) is 11.1. The Bertz CT molecular complexity index is 844. The van der Waals surface area contributed by atoms with Crippen molar-refractivity contribution in [3.63, 3.8) is 0 Å². The van der Waals surface area contributed by atoms with Crippen LogP contribution in [0.2, 0.25) is 0 Å². The number of carboxylic acids is 1. The molecule has 1 saturated heterocycles. The van der Waals surface area contributed by atoms with E-state index in [-0.39, 0.29) is 28.8 Å². The van der Waals surface area contributed by atoms with Crippen LogP contribution in [-0.2, 0) is 24.8 Å². The minimum atomic E-state index is -3.97. The predicted molar refractivity (Wildman–Crippen MR) is 84.3 cm³/mol. The van der Waals surface area contributed by atoms with Crippen molar-refractivity contribution in [3.05, 3.63) is 24.3 Å². The average molecular weight is 374 g/mol. The molecular weight excluding hydrogens is 356 g/mol. The van der Waals surface area contributed by atoms with Crippen molar-refractivity contribution >= 4 is 26.0 Å². The van der Waals surface area contributed by atoms with E-state index in [0.717, 1.165) is 17.1 Å². The predicted octanol–water partition coefficient (Wildman–Crippen LogP) is 0.365. The number of rotatable bonds is 6. The molecule has 1 heterocycles. The molecule has 0 spiro atoms. The van der Waals surface area contributed by atoms with Gasteiger partial charge in [0.1, 0.15) is 6.04 Å². The van der Waals surface area contributed by atoms with Gasteiger partial charge in [-0.3, -0.25) is 4.79 Å². The quantitative estimate of drug-likeness (QED) is 0.742. The Morgan fingerprint density at radius 1 is 1.04 bits per heavy atom. The van der Waals surface area contributed by atoms with Crippen LogP contribution in [0.25, 0.3) is 0 Å². The first kappa shape index (κ1) is 17.3. The molecule has 0 aromatic heterocycles. The molecular formula is C14H18N2O6S2. The number of nitrogens with zero attached hydrogens (tertiary/aromatic N) is 1. The molecule has 8 nitrogen and oxygen atoms in total. The molecule has 1 aromatic rings. The summed E-state index contributed by atoms with van der Waals surface area (Å²) < 4.78 is 52.9. The number of aliphatic carboxylic acids is 1. The number of hydrogen-bond acceptors (Lipinski definition) is 5. The van der Waals surface area contributed by atoms with Crippen LogP contribution in [0.3, 0.4) is 0 Å². The van der Waals surface area contributed by atoms with Crippen molar-refractivity contribution in [1.29, 1.82) is 0 Å². The molecule has 0 bridgehead atoms. The third kappa shape index (κ3) is 3.32. The molecule has 1 saturated carbocycles. The zero-order valence-electron chi connectivity index (χ0n) is 12.8. The molecule has 2 N–H and O–H groups in total. The highest BCUT2D eigenvalue weighted by atomic mass is 32.2. The lowest BCUT2D eigenvalue weighted by Crippen LogP contribution is -2.40. The van der Waals surface area contributed by atoms with Gasteiger partial charge in [0.2, 0.25) is 20.0 Å². The monoisotopic (exact) mass is 374 g/mol. The molecule has 0 unspecified atom stereocenters. The largest absolute Gasteiger partial charge is 0.480 e. The summed E-state index contributed by atoms with van der Waals surface area (Å²) in [5.41, 5.74) is 0. The third-order valence-electron chi connectivity index (χ3n) is 4.13. The van der Waals surface area contributed by atoms with Gasteiger partial charge >= 0.3 is 5.97 Å². The Morgan fingerprint density at radius 3 is 2.17 bits per heavy atom. The lowest BCUT2D eigenvalue weighted by Gasteiger charge is -2.21. The molecule has 10 heteroatoms. The van der Waals surface area contributed by atoms with Gasteiger partial charge in [-0.25, -0.2) is 21.6 Å². The van der Waals surface area contributed by atoms with Crippen LogP contribution in [0.15, 0.2) is 34.1 Å². The van der Waals surface area contributed by atoms with E-state index < -0.39 is 32.1 Å². The van der Waals surface area contributed by atoms with E-state index in [2.05, 4.69) is 4.72 Å². The zero-order chi connectivity index (χ0) is 17.5. The summed E-state index contributed by atoms with van der Waals surface area (Å²) in [5, 5.41) is 9.14. The van der Waals surface area contributed by atoms with Gasteiger partial charge in [-0.1, -0.05) is 0 Å². The molecule has 1 aliphatic carbocycles. The van der Waals surface area contributed by atoms with Gasteiger partial charge in [0, 0.05) is 12.6 Å². The van der Waals surface area contributed by atoms with E-state index in [1.165, 1.54) is 24.3 Å². The Balaban J connectivity index is 1.85. The van der Waals surface area contributed by atoms with Crippen molar-refractivity contribution < 1.29 is 26.7 Å². The number of nitrogens with one attached hydrogen (secondary N) is 1. The van der Waals surface area contributed by atoms with Crippen molar-refractivity contribution in [2.24, 2.45) is 0 Å². The van der Waals surface area contributed by atoms with Gasteiger partial charge < -0.3 is 5.11 Å². The Hall–Kier alpha value is -1.49. The summed E-state index contributed by atoms with van der Waals surface area (Å²) in [6.07, 6.45) is 2.36. The standard InChI is InChI=1S/C14H18N2O6S2/c17-14(18)13-2-1-9-16(13)24(21,22)12-7-5-11(6-8-12)23(19,20)15-10-3-4-10/h5-8,10,13,15H,1-4,9H2,(H,17,18)/t13-/m0/s1. The van der Waals surface area contributed by atoms with Gasteiger partial charge in [-0.15, -0.1) is 0 Å². The SMILES string of the molecule is O=C(O)[C@@H]1CCCN1S(=O)(=O)c1ccc(S(=O)(=O)NC2CC2)cc1. The molecule has 1 aliphatic heterocycles. The maximum atomic E-state index is 12.6. The maximum Gasteiger partial charge on any atom is 0.322 e. The summed E-state index contributed by atoms with van der Waals surface area (Å²) in [6, 6.07) is 3.74. The van der Waals surface area contributed by atoms with Gasteiger partial charge in [-0.2, -0.15) is 4.31 Å². The molecule has 0 amide bonds. The molecule has 1 atom stereocenters. The molecule has 2 fully saturated rings.